The summed E-state index contributed by atoms with van der Waals surface area (Å²) in [6.07, 6.45) is 6.35. The average Bonchev–Trinajstić information content (AvgIpc) is 2.34. The van der Waals surface area contributed by atoms with E-state index in [-0.39, 0.29) is 13.2 Å². The molecule has 1 aliphatic rings. The molecule has 0 saturated carbocycles. The topological polar surface area (TPSA) is 61.8 Å². The Morgan fingerprint density at radius 3 is 2.44 bits per heavy atom. The molecule has 5 heteroatoms. The van der Waals surface area contributed by atoms with Crippen molar-refractivity contribution in [3.8, 4) is 0 Å². The van der Waals surface area contributed by atoms with Gasteiger partial charge in [-0.15, -0.1) is 0 Å². The molecule has 0 aromatic heterocycles. The van der Waals surface area contributed by atoms with Crippen molar-refractivity contribution in [2.45, 2.75) is 6.42 Å². The summed E-state index contributed by atoms with van der Waals surface area (Å²) in [6.45, 7) is 0.887. The van der Waals surface area contributed by atoms with Crippen molar-refractivity contribution in [2.24, 2.45) is 5.41 Å². The number of methoxy groups -OCH3 is 1. The van der Waals surface area contributed by atoms with Gasteiger partial charge in [-0.3, -0.25) is 9.59 Å². The summed E-state index contributed by atoms with van der Waals surface area (Å²) in [7, 11) is 1.53. The van der Waals surface area contributed by atoms with E-state index >= 15 is 0 Å². The van der Waals surface area contributed by atoms with Gasteiger partial charge < -0.3 is 14.2 Å². The van der Waals surface area contributed by atoms with E-state index in [9.17, 15) is 9.59 Å². The van der Waals surface area contributed by atoms with Crippen LogP contribution in [-0.4, -0.2) is 33.3 Å². The Kier molecular flexibility index (Phi) is 4.57. The zero-order chi connectivity index (χ0) is 11.9. The standard InChI is InChI=1S/C11H14O5/c1-14-10-4-2-3-5-11(10,6-15-8-12)7-16-9-13/h3-5,8-9H,2,6-7H2,1H3. The van der Waals surface area contributed by atoms with Gasteiger partial charge in [0.05, 0.1) is 7.11 Å². The van der Waals surface area contributed by atoms with E-state index in [1.165, 1.54) is 7.11 Å². The predicted octanol–water partition coefficient (Wildman–Crippen LogP) is 0.809. The van der Waals surface area contributed by atoms with E-state index in [0.29, 0.717) is 18.7 Å². The highest BCUT2D eigenvalue weighted by atomic mass is 16.5. The SMILES string of the molecule is COC1=CCC=CC1(COC=O)COC=O. The summed E-state index contributed by atoms with van der Waals surface area (Å²) >= 11 is 0. The van der Waals surface area contributed by atoms with Gasteiger partial charge >= 0.3 is 0 Å². The molecule has 0 unspecified atom stereocenters. The number of ether oxygens (including phenoxy) is 3. The molecule has 0 spiro atoms. The van der Waals surface area contributed by atoms with Gasteiger partial charge in [-0.25, -0.2) is 0 Å². The van der Waals surface area contributed by atoms with Crippen molar-refractivity contribution >= 4 is 12.9 Å². The van der Waals surface area contributed by atoms with E-state index < -0.39 is 5.41 Å². The Morgan fingerprint density at radius 1 is 1.31 bits per heavy atom. The lowest BCUT2D eigenvalue weighted by Gasteiger charge is -2.31. The van der Waals surface area contributed by atoms with Crippen LogP contribution in [0.1, 0.15) is 6.42 Å². The lowest BCUT2D eigenvalue weighted by molar-refractivity contribution is -0.136. The maximum absolute atomic E-state index is 10.2. The van der Waals surface area contributed by atoms with Gasteiger partial charge in [-0.2, -0.15) is 0 Å². The normalized spacial score (nSPS) is 17.2. The van der Waals surface area contributed by atoms with Crippen LogP contribution in [0.3, 0.4) is 0 Å². The third kappa shape index (κ3) is 2.62. The van der Waals surface area contributed by atoms with Crippen molar-refractivity contribution in [3.05, 3.63) is 24.0 Å². The molecule has 0 N–H and O–H groups in total. The summed E-state index contributed by atoms with van der Waals surface area (Å²) in [6, 6.07) is 0. The second-order valence-corrected chi connectivity index (χ2v) is 3.38. The van der Waals surface area contributed by atoms with Gasteiger partial charge in [-0.1, -0.05) is 12.2 Å². The molecule has 88 valence electrons. The zero-order valence-corrected chi connectivity index (χ0v) is 9.05. The largest absolute Gasteiger partial charge is 0.500 e. The Balaban J connectivity index is 2.85. The van der Waals surface area contributed by atoms with E-state index in [1.54, 1.807) is 0 Å². The molecule has 0 bridgehead atoms. The molecular formula is C11H14O5. The van der Waals surface area contributed by atoms with Crippen LogP contribution < -0.4 is 0 Å². The molecule has 0 aliphatic heterocycles. The molecule has 0 atom stereocenters. The molecule has 0 saturated heterocycles. The lowest BCUT2D eigenvalue weighted by Crippen LogP contribution is -2.34. The third-order valence-electron chi connectivity index (χ3n) is 2.40. The number of hydrogen-bond acceptors (Lipinski definition) is 5. The summed E-state index contributed by atoms with van der Waals surface area (Å²) in [5, 5.41) is 0. The Labute approximate surface area is 93.7 Å². The molecule has 0 aromatic rings. The fourth-order valence-corrected chi connectivity index (χ4v) is 1.69. The van der Waals surface area contributed by atoms with Gasteiger partial charge in [-0.05, 0) is 12.5 Å². The van der Waals surface area contributed by atoms with Crippen LogP contribution in [0, 0.1) is 5.41 Å². The highest BCUT2D eigenvalue weighted by molar-refractivity contribution is 5.39. The van der Waals surface area contributed by atoms with Gasteiger partial charge in [0.2, 0.25) is 0 Å². The first kappa shape index (κ1) is 12.3. The average molecular weight is 226 g/mol. The van der Waals surface area contributed by atoms with Crippen LogP contribution in [0.4, 0.5) is 0 Å². The lowest BCUT2D eigenvalue weighted by atomic mass is 9.83. The van der Waals surface area contributed by atoms with Gasteiger partial charge in [0.15, 0.2) is 0 Å². The van der Waals surface area contributed by atoms with Crippen LogP contribution >= 0.6 is 0 Å². The minimum Gasteiger partial charge on any atom is -0.500 e. The molecule has 0 fully saturated rings. The van der Waals surface area contributed by atoms with Crippen LogP contribution in [0.25, 0.3) is 0 Å². The van der Waals surface area contributed by atoms with Crippen LogP contribution in [-0.2, 0) is 23.8 Å². The minimum atomic E-state index is -0.700. The van der Waals surface area contributed by atoms with Crippen LogP contribution in [0.5, 0.6) is 0 Å². The van der Waals surface area contributed by atoms with Gasteiger partial charge in [0, 0.05) is 0 Å². The fourth-order valence-electron chi connectivity index (χ4n) is 1.69. The Hall–Kier alpha value is -1.78. The summed E-state index contributed by atoms with van der Waals surface area (Å²) in [4.78, 5) is 20.5. The molecule has 0 heterocycles. The second kappa shape index (κ2) is 5.95. The molecule has 5 nitrogen and oxygen atoms in total. The maximum Gasteiger partial charge on any atom is 0.293 e. The fraction of sp³-hybridized carbons (Fsp3) is 0.455. The molecule has 1 aliphatic carbocycles. The van der Waals surface area contributed by atoms with E-state index in [2.05, 4.69) is 0 Å². The summed E-state index contributed by atoms with van der Waals surface area (Å²) in [5.41, 5.74) is -0.700. The van der Waals surface area contributed by atoms with E-state index in [4.69, 9.17) is 14.2 Å². The van der Waals surface area contributed by atoms with Crippen molar-refractivity contribution in [3.63, 3.8) is 0 Å². The first-order chi connectivity index (χ1) is 7.79. The number of allylic oxidation sites excluding steroid dienone is 2. The molecule has 1 rings (SSSR count). The second-order valence-electron chi connectivity index (χ2n) is 3.38. The number of hydrogen-bond donors (Lipinski definition) is 0. The van der Waals surface area contributed by atoms with Crippen molar-refractivity contribution in [1.29, 1.82) is 0 Å². The molecular weight excluding hydrogens is 212 g/mol. The first-order valence-corrected chi connectivity index (χ1v) is 4.82. The monoisotopic (exact) mass is 226 g/mol. The zero-order valence-electron chi connectivity index (χ0n) is 9.05. The number of rotatable bonds is 7. The summed E-state index contributed by atoms with van der Waals surface area (Å²) in [5.74, 6) is 0.638. The Morgan fingerprint density at radius 2 is 1.94 bits per heavy atom. The van der Waals surface area contributed by atoms with Gasteiger partial charge in [0.25, 0.3) is 12.9 Å². The van der Waals surface area contributed by atoms with Crippen molar-refractivity contribution in [1.82, 2.24) is 0 Å². The minimum absolute atomic E-state index is 0.0838. The highest BCUT2D eigenvalue weighted by Gasteiger charge is 2.36. The van der Waals surface area contributed by atoms with Crippen LogP contribution in [0.2, 0.25) is 0 Å². The predicted molar refractivity (Wildman–Crippen MR) is 55.3 cm³/mol. The maximum atomic E-state index is 10.2. The van der Waals surface area contributed by atoms with E-state index in [0.717, 1.165) is 6.42 Å². The smallest absolute Gasteiger partial charge is 0.293 e. The number of carbonyl (C=O) groups is 2. The van der Waals surface area contributed by atoms with Gasteiger partial charge in [0.1, 0.15) is 24.4 Å². The molecule has 16 heavy (non-hydrogen) atoms. The summed E-state index contributed by atoms with van der Waals surface area (Å²) < 4.78 is 14.7. The quantitative estimate of drug-likeness (QED) is 0.475. The molecule has 0 amide bonds. The van der Waals surface area contributed by atoms with E-state index in [1.807, 2.05) is 18.2 Å². The first-order valence-electron chi connectivity index (χ1n) is 4.82. The third-order valence-corrected chi connectivity index (χ3v) is 2.40. The number of carbonyl (C=O) groups excluding carboxylic acids is 2. The Bertz CT molecular complexity index is 293. The highest BCUT2D eigenvalue weighted by Crippen LogP contribution is 2.34. The molecule has 0 aromatic carbocycles. The van der Waals surface area contributed by atoms with Crippen molar-refractivity contribution < 1.29 is 23.8 Å². The molecule has 0 radical (unpaired) electrons. The van der Waals surface area contributed by atoms with Crippen LogP contribution in [0.15, 0.2) is 24.0 Å². The van der Waals surface area contributed by atoms with Crippen molar-refractivity contribution in [2.75, 3.05) is 20.3 Å².